The number of aromatic nitrogens is 6. The number of halogens is 1. The highest BCUT2D eigenvalue weighted by molar-refractivity contribution is 5.95. The summed E-state index contributed by atoms with van der Waals surface area (Å²) in [6.07, 6.45) is 1.72. The number of hydrogen-bond acceptors (Lipinski definition) is 5. The molecule has 1 aliphatic heterocycles. The molecule has 0 aliphatic carbocycles. The zero-order valence-corrected chi connectivity index (χ0v) is 15.8. The van der Waals surface area contributed by atoms with E-state index in [2.05, 4.69) is 15.2 Å². The van der Waals surface area contributed by atoms with Crippen LogP contribution in [0.2, 0.25) is 0 Å². The number of aryl methyl sites for hydroxylation is 1. The Labute approximate surface area is 160 Å². The normalized spacial score (nSPS) is 15.7. The Morgan fingerprint density at radius 1 is 1.14 bits per heavy atom. The molecule has 0 atom stereocenters. The van der Waals surface area contributed by atoms with Gasteiger partial charge in [-0.1, -0.05) is 0 Å². The summed E-state index contributed by atoms with van der Waals surface area (Å²) in [6, 6.07) is 6.35. The molecule has 8 heteroatoms. The van der Waals surface area contributed by atoms with Crippen LogP contribution in [0.25, 0.3) is 33.5 Å². The van der Waals surface area contributed by atoms with E-state index in [1.54, 1.807) is 18.3 Å². The van der Waals surface area contributed by atoms with Crippen molar-refractivity contribution in [2.75, 3.05) is 0 Å². The molecule has 0 radical (unpaired) electrons. The van der Waals surface area contributed by atoms with Crippen molar-refractivity contribution in [2.45, 2.75) is 39.5 Å². The van der Waals surface area contributed by atoms with Crippen LogP contribution >= 0.6 is 0 Å². The van der Waals surface area contributed by atoms with Crippen LogP contribution in [0.3, 0.4) is 0 Å². The second-order valence-corrected chi connectivity index (χ2v) is 7.63. The average Bonchev–Trinajstić information content (AvgIpc) is 3.24. The number of nitrogens with one attached hydrogen (secondary N) is 1. The highest BCUT2D eigenvalue weighted by Crippen LogP contribution is 2.39. The highest BCUT2D eigenvalue weighted by Gasteiger charge is 2.32. The van der Waals surface area contributed by atoms with E-state index in [1.165, 1.54) is 12.1 Å². The van der Waals surface area contributed by atoms with Crippen molar-refractivity contribution in [3.8, 4) is 22.5 Å². The van der Waals surface area contributed by atoms with E-state index in [-0.39, 0.29) is 11.4 Å². The minimum Gasteiger partial charge on any atom is -0.367 e. The van der Waals surface area contributed by atoms with E-state index in [1.807, 2.05) is 25.5 Å². The number of hydrogen-bond donors (Lipinski definition) is 1. The molecule has 142 valence electrons. The Bertz CT molecular complexity index is 1190. The van der Waals surface area contributed by atoms with Gasteiger partial charge in [0.15, 0.2) is 5.65 Å². The maximum absolute atomic E-state index is 13.5. The first-order valence-corrected chi connectivity index (χ1v) is 9.09. The quantitative estimate of drug-likeness (QED) is 0.576. The van der Waals surface area contributed by atoms with Gasteiger partial charge in [0.05, 0.1) is 47.3 Å². The summed E-state index contributed by atoms with van der Waals surface area (Å²) in [5.74, 6) is 0.350. The topological polar surface area (TPSA) is 81.5 Å². The van der Waals surface area contributed by atoms with Gasteiger partial charge >= 0.3 is 0 Å². The van der Waals surface area contributed by atoms with Gasteiger partial charge in [0.25, 0.3) is 0 Å². The van der Waals surface area contributed by atoms with Gasteiger partial charge < -0.3 is 4.74 Å². The Kier molecular flexibility index (Phi) is 3.60. The number of ether oxygens (including phenoxy) is 1. The van der Waals surface area contributed by atoms with Crippen molar-refractivity contribution in [3.05, 3.63) is 47.8 Å². The average molecular weight is 378 g/mol. The van der Waals surface area contributed by atoms with E-state index in [0.29, 0.717) is 24.6 Å². The van der Waals surface area contributed by atoms with Crippen molar-refractivity contribution in [3.63, 3.8) is 0 Å². The van der Waals surface area contributed by atoms with Gasteiger partial charge in [0, 0.05) is 5.56 Å². The summed E-state index contributed by atoms with van der Waals surface area (Å²) in [5, 5.41) is 12.7. The number of fused-ring (bicyclic) bond motifs is 2. The molecule has 0 saturated heterocycles. The number of aromatic amines is 1. The Hall–Kier alpha value is -3.13. The van der Waals surface area contributed by atoms with Crippen LogP contribution in [0, 0.1) is 12.7 Å². The van der Waals surface area contributed by atoms with Gasteiger partial charge in [-0.05, 0) is 45.0 Å². The summed E-state index contributed by atoms with van der Waals surface area (Å²) in [4.78, 5) is 9.13. The second-order valence-electron chi connectivity index (χ2n) is 7.63. The lowest BCUT2D eigenvalue weighted by Gasteiger charge is -2.31. The molecule has 7 nitrogen and oxygen atoms in total. The minimum atomic E-state index is -0.317. The van der Waals surface area contributed by atoms with Crippen LogP contribution in [0.5, 0.6) is 0 Å². The minimum absolute atomic E-state index is 0.283. The molecule has 1 N–H and O–H groups in total. The molecule has 0 amide bonds. The monoisotopic (exact) mass is 378 g/mol. The van der Waals surface area contributed by atoms with Crippen LogP contribution in [-0.2, 0) is 17.9 Å². The van der Waals surface area contributed by atoms with Crippen molar-refractivity contribution in [1.29, 1.82) is 0 Å². The van der Waals surface area contributed by atoms with E-state index >= 15 is 0 Å². The first kappa shape index (κ1) is 17.0. The molecule has 0 bridgehead atoms. The third-order valence-electron chi connectivity index (χ3n) is 4.96. The van der Waals surface area contributed by atoms with Gasteiger partial charge in [0.1, 0.15) is 17.3 Å². The second kappa shape index (κ2) is 5.93. The summed E-state index contributed by atoms with van der Waals surface area (Å²) in [6.45, 7) is 6.96. The van der Waals surface area contributed by atoms with Crippen LogP contribution in [0.4, 0.5) is 4.39 Å². The van der Waals surface area contributed by atoms with E-state index in [9.17, 15) is 4.39 Å². The summed E-state index contributed by atoms with van der Waals surface area (Å²) in [5.41, 5.74) is 4.49. The van der Waals surface area contributed by atoms with E-state index < -0.39 is 0 Å². The van der Waals surface area contributed by atoms with Gasteiger partial charge in [-0.15, -0.1) is 0 Å². The number of nitrogens with zero attached hydrogens (tertiary/aromatic N) is 5. The summed E-state index contributed by atoms with van der Waals surface area (Å²) in [7, 11) is 0. The van der Waals surface area contributed by atoms with Crippen LogP contribution in [-0.4, -0.2) is 35.5 Å². The molecule has 3 aromatic heterocycles. The molecule has 1 aromatic carbocycles. The molecular formula is C20H19FN6O. The SMILES string of the molecule is Cc1nc(-c2c(-c3ccc(F)cc3)nn3c2COC(C)(C)C3)c2cn[nH]c2n1. The zero-order valence-electron chi connectivity index (χ0n) is 15.8. The molecule has 0 saturated carbocycles. The van der Waals surface area contributed by atoms with Gasteiger partial charge in [-0.2, -0.15) is 10.2 Å². The number of H-pyrrole nitrogens is 1. The maximum Gasteiger partial charge on any atom is 0.159 e. The molecule has 0 fully saturated rings. The van der Waals surface area contributed by atoms with Crippen LogP contribution < -0.4 is 0 Å². The zero-order chi connectivity index (χ0) is 19.5. The number of benzene rings is 1. The molecule has 28 heavy (non-hydrogen) atoms. The lowest BCUT2D eigenvalue weighted by molar-refractivity contribution is -0.0657. The van der Waals surface area contributed by atoms with Crippen LogP contribution in [0.1, 0.15) is 25.4 Å². The number of rotatable bonds is 2. The van der Waals surface area contributed by atoms with Crippen molar-refractivity contribution in [1.82, 2.24) is 29.9 Å². The third kappa shape index (κ3) is 2.68. The van der Waals surface area contributed by atoms with Crippen molar-refractivity contribution in [2.24, 2.45) is 0 Å². The predicted molar refractivity (Wildman–Crippen MR) is 102 cm³/mol. The first-order chi connectivity index (χ1) is 13.4. The fourth-order valence-electron chi connectivity index (χ4n) is 3.64. The van der Waals surface area contributed by atoms with Crippen molar-refractivity contribution >= 4 is 11.0 Å². The van der Waals surface area contributed by atoms with Gasteiger partial charge in [0.2, 0.25) is 0 Å². The molecule has 0 spiro atoms. The Morgan fingerprint density at radius 3 is 2.71 bits per heavy atom. The third-order valence-corrected chi connectivity index (χ3v) is 4.96. The van der Waals surface area contributed by atoms with Crippen molar-refractivity contribution < 1.29 is 9.13 Å². The summed E-state index contributed by atoms with van der Waals surface area (Å²) >= 11 is 0. The van der Waals surface area contributed by atoms with Gasteiger partial charge in [-0.25, -0.2) is 14.4 Å². The molecule has 5 rings (SSSR count). The lowest BCUT2D eigenvalue weighted by Crippen LogP contribution is -2.36. The largest absolute Gasteiger partial charge is 0.367 e. The fourth-order valence-corrected chi connectivity index (χ4v) is 3.64. The highest BCUT2D eigenvalue weighted by atomic mass is 19.1. The van der Waals surface area contributed by atoms with E-state index in [0.717, 1.165) is 33.6 Å². The first-order valence-electron chi connectivity index (χ1n) is 9.09. The lowest BCUT2D eigenvalue weighted by atomic mass is 10.00. The molecule has 0 unspecified atom stereocenters. The standard InChI is InChI=1S/C20H19FN6O/c1-11-23-18(14-8-22-25-19(14)24-11)16-15-9-28-20(2,3)10-27(15)26-17(16)12-4-6-13(21)7-5-12/h4-8H,9-10H2,1-3H3,(H,22,23,24,25). The molecule has 1 aliphatic rings. The smallest absolute Gasteiger partial charge is 0.159 e. The fraction of sp³-hybridized carbons (Fsp3) is 0.300. The Balaban J connectivity index is 1.81. The van der Waals surface area contributed by atoms with Crippen LogP contribution in [0.15, 0.2) is 30.5 Å². The molecule has 4 heterocycles. The molecular weight excluding hydrogens is 359 g/mol. The predicted octanol–water partition coefficient (Wildman–Crippen LogP) is 3.64. The van der Waals surface area contributed by atoms with E-state index in [4.69, 9.17) is 14.8 Å². The Morgan fingerprint density at radius 2 is 1.93 bits per heavy atom. The summed E-state index contributed by atoms with van der Waals surface area (Å²) < 4.78 is 21.5. The molecule has 4 aromatic rings. The van der Waals surface area contributed by atoms with Gasteiger partial charge in [-0.3, -0.25) is 9.78 Å². The maximum atomic E-state index is 13.5.